The molecule has 2 amide bonds. The zero-order valence-electron chi connectivity index (χ0n) is 23.1. The van der Waals surface area contributed by atoms with Crippen molar-refractivity contribution in [2.45, 2.75) is 115 Å². The topological polar surface area (TPSA) is 121 Å². The summed E-state index contributed by atoms with van der Waals surface area (Å²) in [7, 11) is 0. The van der Waals surface area contributed by atoms with Crippen LogP contribution in [0.4, 0.5) is 0 Å². The number of carbonyl (C=O) groups excluding carboxylic acids is 3. The van der Waals surface area contributed by atoms with Crippen LogP contribution < -0.4 is 5.32 Å². The number of amides is 2. The van der Waals surface area contributed by atoms with E-state index in [1.165, 1.54) is 0 Å². The van der Waals surface area contributed by atoms with E-state index in [0.29, 0.717) is 12.3 Å². The van der Waals surface area contributed by atoms with Crippen molar-refractivity contribution >= 4 is 18.1 Å². The Morgan fingerprint density at radius 1 is 1.11 bits per heavy atom. The fourth-order valence-corrected chi connectivity index (χ4v) is 6.67. The van der Waals surface area contributed by atoms with Crippen LogP contribution >= 0.6 is 0 Å². The normalized spacial score (nSPS) is 30.3. The Morgan fingerprint density at radius 2 is 1.82 bits per heavy atom. The van der Waals surface area contributed by atoms with Crippen molar-refractivity contribution < 1.29 is 19.5 Å². The summed E-state index contributed by atoms with van der Waals surface area (Å²) in [5.74, 6) is -0.293. The molecule has 5 unspecified atom stereocenters. The summed E-state index contributed by atoms with van der Waals surface area (Å²) in [6.07, 6.45) is 10.8. The Balaban J connectivity index is 1.25. The number of aliphatic hydroxyl groups excluding tert-OH is 1. The summed E-state index contributed by atoms with van der Waals surface area (Å²) >= 11 is 0. The first-order valence-electron chi connectivity index (χ1n) is 14.6. The molecule has 210 valence electrons. The van der Waals surface area contributed by atoms with Gasteiger partial charge in [-0.15, -0.1) is 5.10 Å². The first-order chi connectivity index (χ1) is 18.2. The molecule has 1 aromatic rings. The van der Waals surface area contributed by atoms with Crippen LogP contribution in [0.5, 0.6) is 0 Å². The molecule has 2 saturated carbocycles. The van der Waals surface area contributed by atoms with Gasteiger partial charge in [-0.2, -0.15) is 0 Å². The lowest BCUT2D eigenvalue weighted by Crippen LogP contribution is -2.55. The van der Waals surface area contributed by atoms with Crippen LogP contribution in [0, 0.1) is 11.3 Å². The van der Waals surface area contributed by atoms with Gasteiger partial charge in [-0.25, -0.2) is 4.68 Å². The molecule has 2 saturated heterocycles. The number of hydrogen-bond donors (Lipinski definition) is 2. The van der Waals surface area contributed by atoms with Crippen molar-refractivity contribution in [3.8, 4) is 0 Å². The average Bonchev–Trinajstić information content (AvgIpc) is 3.45. The largest absolute Gasteiger partial charge is 0.391 e. The molecule has 0 bridgehead atoms. The third kappa shape index (κ3) is 5.81. The van der Waals surface area contributed by atoms with Crippen molar-refractivity contribution in [1.29, 1.82) is 0 Å². The van der Waals surface area contributed by atoms with E-state index >= 15 is 0 Å². The summed E-state index contributed by atoms with van der Waals surface area (Å²) in [5.41, 5.74) is 0.461. The van der Waals surface area contributed by atoms with Crippen molar-refractivity contribution in [2.24, 2.45) is 11.3 Å². The fourth-order valence-electron chi connectivity index (χ4n) is 6.67. The van der Waals surface area contributed by atoms with E-state index in [1.807, 2.05) is 27.0 Å². The quantitative estimate of drug-likeness (QED) is 0.520. The van der Waals surface area contributed by atoms with E-state index in [0.717, 1.165) is 76.4 Å². The van der Waals surface area contributed by atoms with Crippen molar-refractivity contribution in [1.82, 2.24) is 30.1 Å². The maximum atomic E-state index is 14.0. The summed E-state index contributed by atoms with van der Waals surface area (Å²) in [4.78, 5) is 43.3. The lowest BCUT2D eigenvalue weighted by atomic mass is 9.85. The number of aromatic nitrogens is 3. The Labute approximate surface area is 225 Å². The summed E-state index contributed by atoms with van der Waals surface area (Å²) in [6, 6.07) is -1.04. The highest BCUT2D eigenvalue weighted by molar-refractivity contribution is 5.91. The predicted octanol–water partition coefficient (Wildman–Crippen LogP) is 2.04. The highest BCUT2D eigenvalue weighted by atomic mass is 16.3. The van der Waals surface area contributed by atoms with Gasteiger partial charge in [0, 0.05) is 49.8 Å². The second kappa shape index (κ2) is 11.0. The Bertz CT molecular complexity index is 1010. The van der Waals surface area contributed by atoms with E-state index in [4.69, 9.17) is 0 Å². The molecule has 3 heterocycles. The number of nitrogens with one attached hydrogen (secondary N) is 1. The minimum absolute atomic E-state index is 0.0292. The number of aliphatic hydroxyl groups is 1. The van der Waals surface area contributed by atoms with Crippen LogP contribution in [0.15, 0.2) is 6.20 Å². The van der Waals surface area contributed by atoms with Crippen LogP contribution in [-0.2, 0) is 14.4 Å². The van der Waals surface area contributed by atoms with E-state index < -0.39 is 17.5 Å². The summed E-state index contributed by atoms with van der Waals surface area (Å²) in [5, 5.41) is 22.3. The van der Waals surface area contributed by atoms with Gasteiger partial charge in [0.25, 0.3) is 0 Å². The zero-order chi connectivity index (χ0) is 27.0. The molecular formula is C28H44N6O4. The molecule has 38 heavy (non-hydrogen) atoms. The standard InChI is InChI=1S/C28H44N6O4/c1-28(2,3)25(34-16-21(30-31-34)19-8-9-19)27(38)33-15-18(17-35)14-23(33)26(37)29-20-10-12-32(13-11-20)22-6-4-5-7-24(22)36/h16-20,22-25,36H,4-15H2,1-3H3,(H,29,37). The van der Waals surface area contributed by atoms with Gasteiger partial charge in [-0.3, -0.25) is 14.5 Å². The molecule has 4 aliphatic rings. The highest BCUT2D eigenvalue weighted by Gasteiger charge is 2.46. The van der Waals surface area contributed by atoms with Crippen LogP contribution in [0.3, 0.4) is 0 Å². The minimum Gasteiger partial charge on any atom is -0.391 e. The SMILES string of the molecule is CC(C)(C)C(C(=O)N1CC(C=O)CC1C(=O)NC1CCN(C2CCCCC2O)CC1)n1cc(C2CC2)nn1. The molecule has 2 N–H and O–H groups in total. The van der Waals surface area contributed by atoms with Gasteiger partial charge < -0.3 is 20.1 Å². The molecule has 5 atom stereocenters. The maximum absolute atomic E-state index is 14.0. The maximum Gasteiger partial charge on any atom is 0.248 e. The van der Waals surface area contributed by atoms with Gasteiger partial charge in [-0.05, 0) is 50.4 Å². The molecule has 5 rings (SSSR count). The van der Waals surface area contributed by atoms with Gasteiger partial charge in [0.2, 0.25) is 11.8 Å². The molecule has 10 nitrogen and oxygen atoms in total. The molecule has 2 aliphatic heterocycles. The molecule has 0 spiro atoms. The Hall–Kier alpha value is -2.33. The minimum atomic E-state index is -0.674. The van der Waals surface area contributed by atoms with E-state index in [2.05, 4.69) is 20.5 Å². The Kier molecular flexibility index (Phi) is 7.91. The number of hydrogen-bond acceptors (Lipinski definition) is 7. The Morgan fingerprint density at radius 3 is 2.45 bits per heavy atom. The van der Waals surface area contributed by atoms with Gasteiger partial charge >= 0.3 is 0 Å². The van der Waals surface area contributed by atoms with Crippen molar-refractivity contribution in [3.63, 3.8) is 0 Å². The smallest absolute Gasteiger partial charge is 0.248 e. The van der Waals surface area contributed by atoms with Crippen LogP contribution in [0.25, 0.3) is 0 Å². The lowest BCUT2D eigenvalue weighted by molar-refractivity contribution is -0.144. The molecule has 1 aromatic heterocycles. The number of carbonyl (C=O) groups is 3. The van der Waals surface area contributed by atoms with Gasteiger partial charge in [0.15, 0.2) is 0 Å². The second-order valence-electron chi connectivity index (χ2n) is 13.0. The number of piperidine rings is 1. The fraction of sp³-hybridized carbons (Fsp3) is 0.821. The molecule has 2 aliphatic carbocycles. The van der Waals surface area contributed by atoms with E-state index in [1.54, 1.807) is 9.58 Å². The summed E-state index contributed by atoms with van der Waals surface area (Å²) in [6.45, 7) is 7.92. The first kappa shape index (κ1) is 27.2. The van der Waals surface area contributed by atoms with Gasteiger partial charge in [-0.1, -0.05) is 38.8 Å². The number of nitrogens with zero attached hydrogens (tertiary/aromatic N) is 5. The van der Waals surface area contributed by atoms with Crippen LogP contribution in [0.2, 0.25) is 0 Å². The average molecular weight is 529 g/mol. The van der Waals surface area contributed by atoms with Crippen molar-refractivity contribution in [3.05, 3.63) is 11.9 Å². The van der Waals surface area contributed by atoms with Gasteiger partial charge in [0.1, 0.15) is 18.4 Å². The van der Waals surface area contributed by atoms with Crippen LogP contribution in [0.1, 0.15) is 96.2 Å². The molecule has 4 fully saturated rings. The number of rotatable bonds is 7. The van der Waals surface area contributed by atoms with Gasteiger partial charge in [0.05, 0.1) is 11.8 Å². The number of likely N-dealkylation sites (tertiary alicyclic amines) is 2. The molecule has 0 aromatic carbocycles. The molecular weight excluding hydrogens is 484 g/mol. The van der Waals surface area contributed by atoms with E-state index in [9.17, 15) is 19.5 Å². The lowest BCUT2D eigenvalue weighted by Gasteiger charge is -2.42. The molecule has 0 radical (unpaired) electrons. The predicted molar refractivity (Wildman–Crippen MR) is 141 cm³/mol. The third-order valence-electron chi connectivity index (χ3n) is 8.99. The zero-order valence-corrected chi connectivity index (χ0v) is 23.1. The van der Waals surface area contributed by atoms with Crippen LogP contribution in [-0.4, -0.2) is 91.9 Å². The molecule has 10 heteroatoms. The summed E-state index contributed by atoms with van der Waals surface area (Å²) < 4.78 is 1.66. The third-order valence-corrected chi connectivity index (χ3v) is 8.99. The highest BCUT2D eigenvalue weighted by Crippen LogP contribution is 2.40. The second-order valence-corrected chi connectivity index (χ2v) is 13.0. The van der Waals surface area contributed by atoms with E-state index in [-0.39, 0.29) is 42.5 Å². The first-order valence-corrected chi connectivity index (χ1v) is 14.6. The van der Waals surface area contributed by atoms with Crippen molar-refractivity contribution in [2.75, 3.05) is 19.6 Å². The number of aldehydes is 1. The monoisotopic (exact) mass is 528 g/mol.